The third kappa shape index (κ3) is 7.07. The molecule has 184 valence electrons. The number of ether oxygens (including phenoxy) is 1. The van der Waals surface area contributed by atoms with E-state index in [1.807, 2.05) is 23.9 Å². The molecule has 3 aromatic rings. The summed E-state index contributed by atoms with van der Waals surface area (Å²) in [5.41, 5.74) is 3.10. The van der Waals surface area contributed by atoms with Crippen molar-refractivity contribution in [3.8, 4) is 11.5 Å². The van der Waals surface area contributed by atoms with Crippen LogP contribution in [0, 0.1) is 6.92 Å². The molecule has 0 aliphatic heterocycles. The van der Waals surface area contributed by atoms with Gasteiger partial charge in [-0.3, -0.25) is 9.67 Å². The van der Waals surface area contributed by atoms with Crippen LogP contribution in [-0.4, -0.2) is 29.7 Å². The first-order valence-corrected chi connectivity index (χ1v) is 15.4. The molecule has 0 amide bonds. The van der Waals surface area contributed by atoms with E-state index in [2.05, 4.69) is 44.9 Å². The Labute approximate surface area is 214 Å². The van der Waals surface area contributed by atoms with Crippen LogP contribution in [-0.2, 0) is 23.8 Å². The molecule has 0 N–H and O–H groups in total. The monoisotopic (exact) mass is 519 g/mol. The van der Waals surface area contributed by atoms with Gasteiger partial charge in [0, 0.05) is 22.4 Å². The van der Waals surface area contributed by atoms with Gasteiger partial charge in [0.05, 0.1) is 18.8 Å². The first-order valence-electron chi connectivity index (χ1n) is 11.7. The highest BCUT2D eigenvalue weighted by Crippen LogP contribution is 2.37. The maximum Gasteiger partial charge on any atom is 0.192 e. The van der Waals surface area contributed by atoms with Crippen LogP contribution in [0.25, 0.3) is 0 Å². The molecule has 2 aromatic heterocycles. The van der Waals surface area contributed by atoms with Gasteiger partial charge >= 0.3 is 0 Å². The van der Waals surface area contributed by atoms with Crippen molar-refractivity contribution in [3.63, 3.8) is 0 Å². The van der Waals surface area contributed by atoms with Crippen LogP contribution in [0.15, 0.2) is 42.7 Å². The van der Waals surface area contributed by atoms with Crippen molar-refractivity contribution in [1.82, 2.24) is 14.8 Å². The standard InChI is InChI=1S/C26H35Cl2N3O2Si/c1-19-25(33-23-16-21(27)15-22(28)17-23)24(11-7-9-20-10-8-12-29-18-20)31(30-19)13-14-32-34(5,6)26(2,3)4/h8,10,12,15-18H,7,9,11,13-14H2,1-6H3. The van der Waals surface area contributed by atoms with Gasteiger partial charge in [0.2, 0.25) is 0 Å². The van der Waals surface area contributed by atoms with E-state index in [1.54, 1.807) is 24.4 Å². The van der Waals surface area contributed by atoms with Crippen LogP contribution < -0.4 is 4.74 Å². The van der Waals surface area contributed by atoms with E-state index >= 15 is 0 Å². The Balaban J connectivity index is 1.81. The van der Waals surface area contributed by atoms with Crippen molar-refractivity contribution in [2.45, 2.75) is 71.6 Å². The van der Waals surface area contributed by atoms with E-state index in [0.29, 0.717) is 28.9 Å². The molecule has 0 saturated carbocycles. The zero-order valence-electron chi connectivity index (χ0n) is 21.0. The molecule has 0 unspecified atom stereocenters. The van der Waals surface area contributed by atoms with E-state index in [9.17, 15) is 0 Å². The van der Waals surface area contributed by atoms with E-state index in [-0.39, 0.29) is 5.04 Å². The fourth-order valence-corrected chi connectivity index (χ4v) is 5.03. The van der Waals surface area contributed by atoms with Gasteiger partial charge in [0.1, 0.15) is 11.4 Å². The van der Waals surface area contributed by atoms with Crippen LogP contribution in [0.5, 0.6) is 11.5 Å². The van der Waals surface area contributed by atoms with Crippen molar-refractivity contribution in [1.29, 1.82) is 0 Å². The normalized spacial score (nSPS) is 12.2. The molecule has 1 aromatic carbocycles. The Morgan fingerprint density at radius 2 is 1.76 bits per heavy atom. The van der Waals surface area contributed by atoms with Crippen LogP contribution >= 0.6 is 23.2 Å². The second-order valence-corrected chi connectivity index (χ2v) is 15.8. The maximum atomic E-state index is 6.42. The summed E-state index contributed by atoms with van der Waals surface area (Å²) >= 11 is 12.4. The Kier molecular flexibility index (Phi) is 8.85. The maximum absolute atomic E-state index is 6.42. The lowest BCUT2D eigenvalue weighted by Crippen LogP contribution is -2.41. The van der Waals surface area contributed by atoms with Crippen molar-refractivity contribution >= 4 is 31.5 Å². The van der Waals surface area contributed by atoms with Crippen molar-refractivity contribution in [2.24, 2.45) is 0 Å². The van der Waals surface area contributed by atoms with Crippen LogP contribution in [0.3, 0.4) is 0 Å². The Hall–Kier alpha value is -1.86. The van der Waals surface area contributed by atoms with Gasteiger partial charge in [-0.1, -0.05) is 50.0 Å². The molecular formula is C26H35Cl2N3O2Si. The molecule has 34 heavy (non-hydrogen) atoms. The molecule has 0 radical (unpaired) electrons. The number of rotatable bonds is 10. The summed E-state index contributed by atoms with van der Waals surface area (Å²) in [5.74, 6) is 1.36. The fourth-order valence-electron chi connectivity index (χ4n) is 3.49. The summed E-state index contributed by atoms with van der Waals surface area (Å²) in [6, 6.07) is 9.31. The second kappa shape index (κ2) is 11.3. The summed E-state index contributed by atoms with van der Waals surface area (Å²) in [6.45, 7) is 14.6. The summed E-state index contributed by atoms with van der Waals surface area (Å²) in [5, 5.41) is 6.05. The molecule has 0 saturated heterocycles. The molecule has 0 aliphatic rings. The predicted octanol–water partition coefficient (Wildman–Crippen LogP) is 7.88. The number of hydrogen-bond donors (Lipinski definition) is 0. The predicted molar refractivity (Wildman–Crippen MR) is 143 cm³/mol. The minimum Gasteiger partial charge on any atom is -0.453 e. The molecule has 5 nitrogen and oxygen atoms in total. The third-order valence-electron chi connectivity index (χ3n) is 6.40. The molecule has 8 heteroatoms. The fraction of sp³-hybridized carbons (Fsp3) is 0.462. The number of hydrogen-bond acceptors (Lipinski definition) is 4. The van der Waals surface area contributed by atoms with E-state index in [1.165, 1.54) is 5.56 Å². The van der Waals surface area contributed by atoms with Gasteiger partial charge in [0.15, 0.2) is 14.1 Å². The molecule has 0 fully saturated rings. The highest BCUT2D eigenvalue weighted by molar-refractivity contribution is 6.74. The first kappa shape index (κ1) is 26.7. The van der Waals surface area contributed by atoms with Gasteiger partial charge in [-0.2, -0.15) is 5.10 Å². The third-order valence-corrected chi connectivity index (χ3v) is 11.4. The molecular weight excluding hydrogens is 485 g/mol. The molecule has 2 heterocycles. The highest BCUT2D eigenvalue weighted by Gasteiger charge is 2.37. The minimum atomic E-state index is -1.83. The number of aromatic nitrogens is 3. The van der Waals surface area contributed by atoms with Crippen molar-refractivity contribution < 1.29 is 9.16 Å². The first-order chi connectivity index (χ1) is 16.0. The zero-order valence-corrected chi connectivity index (χ0v) is 23.5. The Bertz CT molecular complexity index is 1080. The van der Waals surface area contributed by atoms with Gasteiger partial charge in [-0.25, -0.2) is 0 Å². The Morgan fingerprint density at radius 3 is 2.38 bits per heavy atom. The SMILES string of the molecule is Cc1nn(CCO[Si](C)(C)C(C)(C)C)c(CCCc2cccnc2)c1Oc1cc(Cl)cc(Cl)c1. The largest absolute Gasteiger partial charge is 0.453 e. The molecule has 0 atom stereocenters. The Morgan fingerprint density at radius 1 is 1.06 bits per heavy atom. The summed E-state index contributed by atoms with van der Waals surface area (Å²) in [6.07, 6.45) is 6.42. The average Bonchev–Trinajstić information content (AvgIpc) is 3.02. The number of pyridine rings is 1. The van der Waals surface area contributed by atoms with E-state index < -0.39 is 8.32 Å². The van der Waals surface area contributed by atoms with Crippen LogP contribution in [0.2, 0.25) is 28.2 Å². The average molecular weight is 521 g/mol. The smallest absolute Gasteiger partial charge is 0.192 e. The van der Waals surface area contributed by atoms with Crippen LogP contribution in [0.4, 0.5) is 0 Å². The van der Waals surface area contributed by atoms with Crippen molar-refractivity contribution in [2.75, 3.05) is 6.61 Å². The zero-order chi connectivity index (χ0) is 24.9. The van der Waals surface area contributed by atoms with E-state index in [4.69, 9.17) is 37.5 Å². The highest BCUT2D eigenvalue weighted by atomic mass is 35.5. The van der Waals surface area contributed by atoms with Crippen molar-refractivity contribution in [3.05, 3.63) is 69.7 Å². The summed E-state index contributed by atoms with van der Waals surface area (Å²) in [4.78, 5) is 4.23. The molecule has 3 rings (SSSR count). The lowest BCUT2D eigenvalue weighted by atomic mass is 10.1. The number of benzene rings is 1. The minimum absolute atomic E-state index is 0.166. The van der Waals surface area contributed by atoms with Crippen LogP contribution in [0.1, 0.15) is 44.1 Å². The summed E-state index contributed by atoms with van der Waals surface area (Å²) in [7, 11) is -1.83. The summed E-state index contributed by atoms with van der Waals surface area (Å²) < 4.78 is 14.7. The molecule has 0 spiro atoms. The number of aryl methyl sites for hydroxylation is 2. The van der Waals surface area contributed by atoms with Gasteiger partial charge in [-0.15, -0.1) is 0 Å². The number of halogens is 2. The van der Waals surface area contributed by atoms with E-state index in [0.717, 1.165) is 36.4 Å². The van der Waals surface area contributed by atoms with Gasteiger partial charge < -0.3 is 9.16 Å². The van der Waals surface area contributed by atoms with Gasteiger partial charge in [0.25, 0.3) is 0 Å². The lowest BCUT2D eigenvalue weighted by Gasteiger charge is -2.36. The quantitative estimate of drug-likeness (QED) is 0.255. The number of nitrogens with zero attached hydrogens (tertiary/aromatic N) is 3. The molecule has 0 bridgehead atoms. The molecule has 0 aliphatic carbocycles. The topological polar surface area (TPSA) is 49.2 Å². The van der Waals surface area contributed by atoms with Gasteiger partial charge in [-0.05, 0) is 74.1 Å². The second-order valence-electron chi connectivity index (χ2n) is 10.1. The lowest BCUT2D eigenvalue weighted by molar-refractivity contribution is 0.263.